The molecule has 0 aliphatic heterocycles. The molecule has 0 saturated heterocycles. The van der Waals surface area contributed by atoms with Gasteiger partial charge >= 0.3 is 11.9 Å². The predicted molar refractivity (Wildman–Crippen MR) is 142 cm³/mol. The largest absolute Gasteiger partial charge is 0.481 e. The molecule has 0 bridgehead atoms. The van der Waals surface area contributed by atoms with Gasteiger partial charge in [0.05, 0.1) is 5.92 Å². The van der Waals surface area contributed by atoms with E-state index < -0.39 is 17.9 Å². The first-order valence-corrected chi connectivity index (χ1v) is 11.6. The Hall–Kier alpha value is -4.84. The fraction of sp³-hybridized carbons (Fsp3) is 0.0667. The summed E-state index contributed by atoms with van der Waals surface area (Å²) in [6.07, 6.45) is 0. The van der Waals surface area contributed by atoms with E-state index in [1.54, 1.807) is 13.0 Å². The number of benzene rings is 4. The van der Waals surface area contributed by atoms with E-state index in [2.05, 4.69) is 46.4 Å². The van der Waals surface area contributed by atoms with Crippen LogP contribution in [0.25, 0.3) is 55.0 Å². The SMILES string of the molecule is CC(C(=O)O)c1ccc(-c2ccc3[nH]c4ccc(-c5ccc6[nH]c(C(=O)O)cc6c5)cc4c3c2)cc1. The summed E-state index contributed by atoms with van der Waals surface area (Å²) in [5, 5.41) is 21.6. The maximum Gasteiger partial charge on any atom is 0.352 e. The molecule has 0 spiro atoms. The summed E-state index contributed by atoms with van der Waals surface area (Å²) in [4.78, 5) is 29.0. The Morgan fingerprint density at radius 2 is 1.17 bits per heavy atom. The zero-order valence-electron chi connectivity index (χ0n) is 19.4. The zero-order valence-corrected chi connectivity index (χ0v) is 19.4. The molecular formula is C30H22N2O4. The molecule has 4 N–H and O–H groups in total. The summed E-state index contributed by atoms with van der Waals surface area (Å²) < 4.78 is 0. The van der Waals surface area contributed by atoms with Crippen molar-refractivity contribution in [3.8, 4) is 22.3 Å². The van der Waals surface area contributed by atoms with Crippen LogP contribution in [0, 0.1) is 0 Å². The average Bonchev–Trinajstić information content (AvgIpc) is 3.48. The summed E-state index contributed by atoms with van der Waals surface area (Å²) in [6, 6.07) is 27.8. The third-order valence-electron chi connectivity index (χ3n) is 6.90. The lowest BCUT2D eigenvalue weighted by molar-refractivity contribution is -0.138. The summed E-state index contributed by atoms with van der Waals surface area (Å²) >= 11 is 0. The highest BCUT2D eigenvalue weighted by molar-refractivity contribution is 6.10. The van der Waals surface area contributed by atoms with Gasteiger partial charge in [0.2, 0.25) is 0 Å². The second-order valence-electron chi connectivity index (χ2n) is 9.12. The molecule has 0 saturated carbocycles. The molecule has 1 unspecified atom stereocenters. The van der Waals surface area contributed by atoms with E-state index in [9.17, 15) is 19.8 Å². The first-order chi connectivity index (χ1) is 17.4. The van der Waals surface area contributed by atoms with E-state index in [4.69, 9.17) is 0 Å². The number of fused-ring (bicyclic) bond motifs is 4. The molecule has 6 nitrogen and oxygen atoms in total. The number of aliphatic carboxylic acids is 1. The number of aromatic amines is 2. The minimum atomic E-state index is -0.977. The third kappa shape index (κ3) is 3.60. The van der Waals surface area contributed by atoms with E-state index in [1.807, 2.05) is 42.5 Å². The van der Waals surface area contributed by atoms with Crippen molar-refractivity contribution in [3.63, 3.8) is 0 Å². The first-order valence-electron chi connectivity index (χ1n) is 11.6. The van der Waals surface area contributed by atoms with Crippen LogP contribution >= 0.6 is 0 Å². The number of carboxylic acids is 2. The van der Waals surface area contributed by atoms with Gasteiger partial charge in [0.1, 0.15) is 5.69 Å². The normalized spacial score (nSPS) is 12.4. The molecule has 6 heteroatoms. The van der Waals surface area contributed by atoms with Gasteiger partial charge in [-0.05, 0) is 77.2 Å². The second kappa shape index (κ2) is 8.13. The van der Waals surface area contributed by atoms with E-state index in [-0.39, 0.29) is 5.69 Å². The molecule has 0 amide bonds. The number of aromatic nitrogens is 2. The van der Waals surface area contributed by atoms with Crippen LogP contribution in [-0.2, 0) is 4.79 Å². The van der Waals surface area contributed by atoms with Crippen LogP contribution in [-0.4, -0.2) is 32.1 Å². The van der Waals surface area contributed by atoms with Crippen molar-refractivity contribution in [1.82, 2.24) is 9.97 Å². The van der Waals surface area contributed by atoms with Gasteiger partial charge in [-0.1, -0.05) is 42.5 Å². The number of aromatic carboxylic acids is 1. The fourth-order valence-corrected chi connectivity index (χ4v) is 4.79. The lowest BCUT2D eigenvalue weighted by Gasteiger charge is -2.08. The smallest absolute Gasteiger partial charge is 0.352 e. The molecule has 2 heterocycles. The van der Waals surface area contributed by atoms with Crippen molar-refractivity contribution in [2.45, 2.75) is 12.8 Å². The predicted octanol–water partition coefficient (Wildman–Crippen LogP) is 7.02. The van der Waals surface area contributed by atoms with Gasteiger partial charge in [-0.2, -0.15) is 0 Å². The highest BCUT2D eigenvalue weighted by atomic mass is 16.4. The van der Waals surface area contributed by atoms with Gasteiger partial charge in [0, 0.05) is 32.7 Å². The van der Waals surface area contributed by atoms with Gasteiger partial charge < -0.3 is 20.2 Å². The molecule has 0 aliphatic carbocycles. The third-order valence-corrected chi connectivity index (χ3v) is 6.90. The topological polar surface area (TPSA) is 106 Å². The molecule has 36 heavy (non-hydrogen) atoms. The van der Waals surface area contributed by atoms with Crippen molar-refractivity contribution in [1.29, 1.82) is 0 Å². The molecule has 1 atom stereocenters. The number of rotatable bonds is 5. The minimum absolute atomic E-state index is 0.173. The highest BCUT2D eigenvalue weighted by Gasteiger charge is 2.14. The van der Waals surface area contributed by atoms with Crippen molar-refractivity contribution in [3.05, 3.63) is 96.2 Å². The molecule has 4 aromatic carbocycles. The van der Waals surface area contributed by atoms with Crippen LogP contribution < -0.4 is 0 Å². The Bertz CT molecular complexity index is 1810. The Labute approximate surface area is 205 Å². The number of hydrogen-bond acceptors (Lipinski definition) is 2. The number of carboxylic acid groups (broad SMARTS) is 2. The quantitative estimate of drug-likeness (QED) is 0.215. The Kier molecular flexibility index (Phi) is 4.90. The van der Waals surface area contributed by atoms with E-state index in [0.29, 0.717) is 0 Å². The van der Waals surface area contributed by atoms with Crippen LogP contribution in [0.3, 0.4) is 0 Å². The summed E-state index contributed by atoms with van der Waals surface area (Å²) in [6.45, 7) is 1.69. The van der Waals surface area contributed by atoms with E-state index >= 15 is 0 Å². The Morgan fingerprint density at radius 1 is 0.639 bits per heavy atom. The van der Waals surface area contributed by atoms with Crippen LogP contribution in [0.2, 0.25) is 0 Å². The second-order valence-corrected chi connectivity index (χ2v) is 9.12. The lowest BCUT2D eigenvalue weighted by Crippen LogP contribution is -2.06. The molecule has 6 rings (SSSR count). The number of carbonyl (C=O) groups is 2. The van der Waals surface area contributed by atoms with Gasteiger partial charge in [-0.25, -0.2) is 4.79 Å². The molecule has 176 valence electrons. The van der Waals surface area contributed by atoms with Crippen molar-refractivity contribution in [2.24, 2.45) is 0 Å². The van der Waals surface area contributed by atoms with Crippen LogP contribution in [0.15, 0.2) is 84.9 Å². The number of hydrogen-bond donors (Lipinski definition) is 4. The summed E-state index contributed by atoms with van der Waals surface area (Å²) in [7, 11) is 0. The molecule has 6 aromatic rings. The summed E-state index contributed by atoms with van der Waals surface area (Å²) in [5.41, 5.74) is 7.94. The molecular weight excluding hydrogens is 452 g/mol. The maximum atomic E-state index is 11.3. The zero-order chi connectivity index (χ0) is 25.0. The lowest BCUT2D eigenvalue weighted by atomic mass is 9.96. The minimum Gasteiger partial charge on any atom is -0.481 e. The Morgan fingerprint density at radius 3 is 1.75 bits per heavy atom. The standard InChI is InChI=1S/C30H22N2O4/c1-16(29(33)34)17-2-4-18(5-3-17)20-7-10-26-23(13-20)24-14-21(8-11-27(24)32-26)19-6-9-25-22(12-19)15-28(31-25)30(35)36/h2-16,31-32H,1H3,(H,33,34)(H,35,36). The van der Waals surface area contributed by atoms with Crippen LogP contribution in [0.4, 0.5) is 0 Å². The van der Waals surface area contributed by atoms with Gasteiger partial charge in [0.25, 0.3) is 0 Å². The summed E-state index contributed by atoms with van der Waals surface area (Å²) in [5.74, 6) is -2.36. The van der Waals surface area contributed by atoms with E-state index in [1.165, 1.54) is 0 Å². The van der Waals surface area contributed by atoms with Crippen molar-refractivity contribution >= 4 is 44.6 Å². The van der Waals surface area contributed by atoms with Crippen LogP contribution in [0.5, 0.6) is 0 Å². The molecule has 0 aliphatic rings. The molecule has 2 aromatic heterocycles. The fourth-order valence-electron chi connectivity index (χ4n) is 4.79. The van der Waals surface area contributed by atoms with E-state index in [0.717, 1.165) is 60.5 Å². The molecule has 0 radical (unpaired) electrons. The van der Waals surface area contributed by atoms with Crippen molar-refractivity contribution in [2.75, 3.05) is 0 Å². The maximum absolute atomic E-state index is 11.3. The van der Waals surface area contributed by atoms with Gasteiger partial charge in [-0.3, -0.25) is 4.79 Å². The number of H-pyrrole nitrogens is 2. The van der Waals surface area contributed by atoms with Crippen LogP contribution in [0.1, 0.15) is 28.9 Å². The Balaban J connectivity index is 1.41. The first kappa shape index (κ1) is 21.7. The monoisotopic (exact) mass is 474 g/mol. The average molecular weight is 475 g/mol. The number of nitrogens with one attached hydrogen (secondary N) is 2. The van der Waals surface area contributed by atoms with Gasteiger partial charge in [-0.15, -0.1) is 0 Å². The van der Waals surface area contributed by atoms with Gasteiger partial charge in [0.15, 0.2) is 0 Å². The molecule has 0 fully saturated rings. The van der Waals surface area contributed by atoms with Crippen molar-refractivity contribution < 1.29 is 19.8 Å². The highest BCUT2D eigenvalue weighted by Crippen LogP contribution is 2.34.